The summed E-state index contributed by atoms with van der Waals surface area (Å²) in [6.07, 6.45) is 1.09. The predicted octanol–water partition coefficient (Wildman–Crippen LogP) is 3.91. The molecule has 2 rings (SSSR count). The molecule has 1 N–H and O–H groups in total. The maximum atomic E-state index is 13.6. The molecule has 0 unspecified atom stereocenters. The highest BCUT2D eigenvalue weighted by molar-refractivity contribution is 7.92. The van der Waals surface area contributed by atoms with Gasteiger partial charge < -0.3 is 10.2 Å². The van der Waals surface area contributed by atoms with Crippen LogP contribution in [0.15, 0.2) is 54.6 Å². The number of rotatable bonds is 9. The van der Waals surface area contributed by atoms with Crippen molar-refractivity contribution in [2.45, 2.75) is 65.6 Å². The molecular formula is C26H37N3O4S. The lowest BCUT2D eigenvalue weighted by molar-refractivity contribution is -0.140. The Bertz CT molecular complexity index is 1090. The van der Waals surface area contributed by atoms with Crippen molar-refractivity contribution in [3.8, 4) is 0 Å². The minimum atomic E-state index is -3.76. The zero-order chi connectivity index (χ0) is 25.7. The quantitative estimate of drug-likeness (QED) is 0.581. The van der Waals surface area contributed by atoms with E-state index < -0.39 is 34.1 Å². The number of hydrogen-bond acceptors (Lipinski definition) is 4. The third-order valence-electron chi connectivity index (χ3n) is 5.37. The monoisotopic (exact) mass is 487 g/mol. The molecule has 8 heteroatoms. The van der Waals surface area contributed by atoms with E-state index in [1.54, 1.807) is 19.1 Å². The van der Waals surface area contributed by atoms with Crippen molar-refractivity contribution >= 4 is 27.5 Å². The van der Waals surface area contributed by atoms with Crippen LogP contribution in [0.3, 0.4) is 0 Å². The van der Waals surface area contributed by atoms with Crippen LogP contribution >= 0.6 is 0 Å². The van der Waals surface area contributed by atoms with Gasteiger partial charge in [-0.3, -0.25) is 13.9 Å². The average molecular weight is 488 g/mol. The van der Waals surface area contributed by atoms with Crippen LogP contribution in [0.4, 0.5) is 5.69 Å². The Balaban J connectivity index is 2.45. The Hall–Kier alpha value is -2.87. The van der Waals surface area contributed by atoms with E-state index in [2.05, 4.69) is 5.32 Å². The lowest BCUT2D eigenvalue weighted by Crippen LogP contribution is -2.54. The Morgan fingerprint density at radius 2 is 1.50 bits per heavy atom. The van der Waals surface area contributed by atoms with E-state index in [-0.39, 0.29) is 18.4 Å². The molecule has 0 heterocycles. The largest absolute Gasteiger partial charge is 0.350 e. The van der Waals surface area contributed by atoms with Crippen molar-refractivity contribution in [1.82, 2.24) is 10.2 Å². The number of hydrogen-bond donors (Lipinski definition) is 1. The number of amides is 2. The van der Waals surface area contributed by atoms with Crippen LogP contribution in [0.2, 0.25) is 0 Å². The predicted molar refractivity (Wildman–Crippen MR) is 137 cm³/mol. The summed E-state index contributed by atoms with van der Waals surface area (Å²) in [6.45, 7) is 11.0. The van der Waals surface area contributed by atoms with Gasteiger partial charge in [-0.05, 0) is 50.8 Å². The minimum Gasteiger partial charge on any atom is -0.350 e. The topological polar surface area (TPSA) is 86.8 Å². The molecule has 0 bridgehead atoms. The molecule has 0 fully saturated rings. The molecule has 0 saturated carbocycles. The third-order valence-corrected chi connectivity index (χ3v) is 6.49. The van der Waals surface area contributed by atoms with Crippen molar-refractivity contribution in [3.63, 3.8) is 0 Å². The highest BCUT2D eigenvalue weighted by Crippen LogP contribution is 2.29. The first-order valence-electron chi connectivity index (χ1n) is 11.4. The zero-order valence-corrected chi connectivity index (χ0v) is 22.0. The molecule has 34 heavy (non-hydrogen) atoms. The van der Waals surface area contributed by atoms with Gasteiger partial charge in [-0.25, -0.2) is 8.42 Å². The van der Waals surface area contributed by atoms with Crippen LogP contribution in [0.5, 0.6) is 0 Å². The Morgan fingerprint density at radius 1 is 0.941 bits per heavy atom. The molecule has 1 atom stereocenters. The van der Waals surface area contributed by atoms with Gasteiger partial charge in [0.05, 0.1) is 11.9 Å². The van der Waals surface area contributed by atoms with E-state index >= 15 is 0 Å². The molecule has 0 aliphatic rings. The summed E-state index contributed by atoms with van der Waals surface area (Å²) < 4.78 is 26.7. The fraction of sp³-hybridized carbons (Fsp3) is 0.462. The van der Waals surface area contributed by atoms with Gasteiger partial charge in [-0.15, -0.1) is 0 Å². The number of carbonyl (C=O) groups is 2. The zero-order valence-electron chi connectivity index (χ0n) is 21.2. The standard InChI is InChI=1S/C26H37N3O4S/c1-19(2)22-15-11-12-16-23(22)29(34(7,32)33)18-24(30)28(17-21-13-9-8-10-14-21)20(3)25(31)27-26(4,5)6/h8-16,19-20H,17-18H2,1-7H3,(H,27,31)/t20-/m0/s1. The second-order valence-corrected chi connectivity index (χ2v) is 11.8. The number of sulfonamides is 1. The molecule has 2 amide bonds. The summed E-state index contributed by atoms with van der Waals surface area (Å²) in [5, 5.41) is 2.91. The normalized spacial score (nSPS) is 12.8. The average Bonchev–Trinajstić information content (AvgIpc) is 2.74. The molecule has 2 aromatic rings. The van der Waals surface area contributed by atoms with Gasteiger partial charge in [0.2, 0.25) is 21.8 Å². The maximum absolute atomic E-state index is 13.6. The number of carbonyl (C=O) groups excluding carboxylic acids is 2. The van der Waals surface area contributed by atoms with E-state index in [0.29, 0.717) is 5.69 Å². The minimum absolute atomic E-state index is 0.0625. The van der Waals surface area contributed by atoms with Crippen LogP contribution in [-0.4, -0.2) is 49.5 Å². The van der Waals surface area contributed by atoms with Gasteiger partial charge in [0, 0.05) is 12.1 Å². The summed E-state index contributed by atoms with van der Waals surface area (Å²) in [6, 6.07) is 15.7. The van der Waals surface area contributed by atoms with E-state index in [1.807, 2.05) is 77.1 Å². The van der Waals surface area contributed by atoms with Gasteiger partial charge in [0.15, 0.2) is 0 Å². The summed E-state index contributed by atoms with van der Waals surface area (Å²) in [4.78, 5) is 28.0. The van der Waals surface area contributed by atoms with Crippen molar-refractivity contribution in [2.75, 3.05) is 17.1 Å². The second kappa shape index (κ2) is 11.0. The molecule has 2 aromatic carbocycles. The SMILES string of the molecule is CC(C)c1ccccc1N(CC(=O)N(Cc1ccccc1)[C@@H](C)C(=O)NC(C)(C)C)S(C)(=O)=O. The van der Waals surface area contributed by atoms with Gasteiger partial charge in [0.25, 0.3) is 0 Å². The highest BCUT2D eigenvalue weighted by atomic mass is 32.2. The van der Waals surface area contributed by atoms with Crippen molar-refractivity contribution in [1.29, 1.82) is 0 Å². The molecule has 7 nitrogen and oxygen atoms in total. The van der Waals surface area contributed by atoms with Crippen LogP contribution < -0.4 is 9.62 Å². The number of anilines is 1. The Morgan fingerprint density at radius 3 is 2.03 bits per heavy atom. The van der Waals surface area contributed by atoms with Gasteiger partial charge in [-0.2, -0.15) is 0 Å². The van der Waals surface area contributed by atoms with Crippen molar-refractivity contribution in [2.24, 2.45) is 0 Å². The first-order valence-corrected chi connectivity index (χ1v) is 13.3. The third kappa shape index (κ3) is 7.58. The number of nitrogens with one attached hydrogen (secondary N) is 1. The van der Waals surface area contributed by atoms with Crippen LogP contribution in [0.25, 0.3) is 0 Å². The summed E-state index contributed by atoms with van der Waals surface area (Å²) in [5.74, 6) is -0.692. The smallest absolute Gasteiger partial charge is 0.244 e. The summed E-state index contributed by atoms with van der Waals surface area (Å²) in [7, 11) is -3.76. The van der Waals surface area contributed by atoms with E-state index in [4.69, 9.17) is 0 Å². The molecule has 0 aliphatic heterocycles. The summed E-state index contributed by atoms with van der Waals surface area (Å²) >= 11 is 0. The molecular weight excluding hydrogens is 450 g/mol. The summed E-state index contributed by atoms with van der Waals surface area (Å²) in [5.41, 5.74) is 1.68. The number of para-hydroxylation sites is 1. The van der Waals surface area contributed by atoms with E-state index in [9.17, 15) is 18.0 Å². The van der Waals surface area contributed by atoms with Gasteiger partial charge >= 0.3 is 0 Å². The first kappa shape index (κ1) is 27.4. The molecule has 0 radical (unpaired) electrons. The van der Waals surface area contributed by atoms with E-state index in [1.165, 1.54) is 4.90 Å². The fourth-order valence-electron chi connectivity index (χ4n) is 3.63. The van der Waals surface area contributed by atoms with Crippen LogP contribution in [-0.2, 0) is 26.2 Å². The van der Waals surface area contributed by atoms with Crippen LogP contribution in [0, 0.1) is 0 Å². The first-order chi connectivity index (χ1) is 15.7. The lowest BCUT2D eigenvalue weighted by Gasteiger charge is -2.33. The second-order valence-electron chi connectivity index (χ2n) is 9.91. The van der Waals surface area contributed by atoms with Gasteiger partial charge in [-0.1, -0.05) is 62.4 Å². The number of nitrogens with zero attached hydrogens (tertiary/aromatic N) is 2. The lowest BCUT2D eigenvalue weighted by atomic mass is 10.0. The molecule has 0 spiro atoms. The van der Waals surface area contributed by atoms with Crippen molar-refractivity contribution < 1.29 is 18.0 Å². The molecule has 0 aliphatic carbocycles. The van der Waals surface area contributed by atoms with Crippen molar-refractivity contribution in [3.05, 3.63) is 65.7 Å². The molecule has 0 saturated heterocycles. The highest BCUT2D eigenvalue weighted by Gasteiger charge is 2.32. The molecule has 186 valence electrons. The molecule has 0 aromatic heterocycles. The Labute approximate surface area is 204 Å². The van der Waals surface area contributed by atoms with Gasteiger partial charge in [0.1, 0.15) is 12.6 Å². The van der Waals surface area contributed by atoms with Crippen LogP contribution in [0.1, 0.15) is 58.6 Å². The maximum Gasteiger partial charge on any atom is 0.244 e. The fourth-order valence-corrected chi connectivity index (χ4v) is 4.50. The number of benzene rings is 2. The Kier molecular flexibility index (Phi) is 8.89. The van der Waals surface area contributed by atoms with E-state index in [0.717, 1.165) is 21.7 Å².